The zero-order valence-corrected chi connectivity index (χ0v) is 25.2. The number of aromatic nitrogens is 3. The van der Waals surface area contributed by atoms with Crippen molar-refractivity contribution >= 4 is 27.3 Å². The molecular weight excluding hydrogens is 585 g/mol. The van der Waals surface area contributed by atoms with Crippen LogP contribution >= 0.6 is 11.6 Å². The molecule has 0 saturated carbocycles. The van der Waals surface area contributed by atoms with Crippen LogP contribution in [0, 0.1) is 15.9 Å². The van der Waals surface area contributed by atoms with E-state index in [9.17, 15) is 23.3 Å². The number of hydrogen-bond donors (Lipinski definition) is 1. The van der Waals surface area contributed by atoms with E-state index in [0.717, 1.165) is 11.1 Å². The van der Waals surface area contributed by atoms with Crippen molar-refractivity contribution in [2.75, 3.05) is 0 Å². The van der Waals surface area contributed by atoms with E-state index >= 15 is 4.39 Å². The van der Waals surface area contributed by atoms with Crippen LogP contribution in [0.3, 0.4) is 0 Å². The average Bonchev–Trinajstić information content (AvgIpc) is 3.21. The minimum Gasteiger partial charge on any atom is -0.274 e. The summed E-state index contributed by atoms with van der Waals surface area (Å²) in [6.07, 6.45) is 1.93. The van der Waals surface area contributed by atoms with Crippen LogP contribution in [0.5, 0.6) is 0 Å². The number of rotatable bonds is 10. The van der Waals surface area contributed by atoms with Crippen LogP contribution in [0.25, 0.3) is 16.8 Å². The summed E-state index contributed by atoms with van der Waals surface area (Å²) in [5, 5.41) is 15.8. The van der Waals surface area contributed by atoms with Gasteiger partial charge in [0, 0.05) is 35.2 Å². The van der Waals surface area contributed by atoms with E-state index in [-0.39, 0.29) is 33.4 Å². The first kappa shape index (κ1) is 31.1. The van der Waals surface area contributed by atoms with Crippen LogP contribution in [0.1, 0.15) is 51.9 Å². The number of nitrogens with zero attached hydrogens (tertiary/aromatic N) is 4. The molecule has 1 heterocycles. The van der Waals surface area contributed by atoms with E-state index in [4.69, 9.17) is 11.6 Å². The molecule has 0 aliphatic heterocycles. The van der Waals surface area contributed by atoms with E-state index in [2.05, 4.69) is 9.82 Å². The Morgan fingerprint density at radius 2 is 1.81 bits per heavy atom. The van der Waals surface area contributed by atoms with Gasteiger partial charge in [-0.1, -0.05) is 55.3 Å². The third kappa shape index (κ3) is 6.77. The number of nitrogens with one attached hydrogen (secondary N) is 1. The van der Waals surface area contributed by atoms with Crippen molar-refractivity contribution in [2.45, 2.75) is 63.9 Å². The molecule has 1 N–H and O–H groups in total. The molecule has 222 valence electrons. The summed E-state index contributed by atoms with van der Waals surface area (Å²) in [6, 6.07) is 14.4. The summed E-state index contributed by atoms with van der Waals surface area (Å²) < 4.78 is 46.7. The van der Waals surface area contributed by atoms with E-state index in [1.807, 2.05) is 6.92 Å². The van der Waals surface area contributed by atoms with Gasteiger partial charge >= 0.3 is 5.69 Å². The summed E-state index contributed by atoms with van der Waals surface area (Å²) in [7, 11) is -3.91. The minimum atomic E-state index is -3.91. The molecule has 0 aliphatic carbocycles. The normalized spacial score (nSPS) is 12.0. The van der Waals surface area contributed by atoms with Crippen LogP contribution in [0.15, 0.2) is 70.4 Å². The molecule has 4 aromatic rings. The summed E-state index contributed by atoms with van der Waals surface area (Å²) in [5.74, 6) is -0.268. The summed E-state index contributed by atoms with van der Waals surface area (Å²) in [5.41, 5.74) is -0.702. The standard InChI is InChI=1S/C29H31ClFN5O5S/c1-5-6-11-27-32-35(25-17-21(36(38)39)14-15-23(25)30)28(37)34(27)18-20-13-12-19(16-24(20)31)22-9-7-8-10-26(22)42(40,41)33-29(2,3)4/h7-10,12-17,33H,5-6,11,18H2,1-4H3. The SMILES string of the molecule is CCCCc1nn(-c2cc([N+](=O)[O-])ccc2Cl)c(=O)n1Cc1ccc(-c2ccccc2S(=O)(=O)NC(C)(C)C)cc1F. The molecule has 13 heteroatoms. The van der Waals surface area contributed by atoms with Gasteiger partial charge in [-0.3, -0.25) is 14.7 Å². The molecule has 4 rings (SSSR count). The predicted octanol–water partition coefficient (Wildman–Crippen LogP) is 5.87. The molecule has 0 unspecified atom stereocenters. The van der Waals surface area contributed by atoms with Gasteiger partial charge in [0.1, 0.15) is 11.6 Å². The first-order chi connectivity index (χ1) is 19.7. The van der Waals surface area contributed by atoms with Gasteiger partial charge in [0.25, 0.3) is 5.69 Å². The Kier molecular flexibility index (Phi) is 9.00. The van der Waals surface area contributed by atoms with Crippen molar-refractivity contribution in [1.29, 1.82) is 0 Å². The van der Waals surface area contributed by atoms with Gasteiger partial charge in [-0.15, -0.1) is 5.10 Å². The van der Waals surface area contributed by atoms with Gasteiger partial charge in [-0.25, -0.2) is 22.3 Å². The van der Waals surface area contributed by atoms with Crippen LogP contribution in [0.2, 0.25) is 5.02 Å². The molecular formula is C29H31ClFN5O5S. The number of non-ortho nitro benzene ring substituents is 1. The number of nitro groups is 1. The fourth-order valence-electron chi connectivity index (χ4n) is 4.46. The van der Waals surface area contributed by atoms with Crippen LogP contribution < -0.4 is 10.4 Å². The van der Waals surface area contributed by atoms with Gasteiger partial charge in [0.15, 0.2) is 0 Å². The maximum absolute atomic E-state index is 15.6. The minimum absolute atomic E-state index is 0.0141. The van der Waals surface area contributed by atoms with E-state index in [1.165, 1.54) is 41.0 Å². The van der Waals surface area contributed by atoms with Gasteiger partial charge in [-0.2, -0.15) is 4.68 Å². The lowest BCUT2D eigenvalue weighted by Crippen LogP contribution is -2.40. The Balaban J connectivity index is 1.75. The lowest BCUT2D eigenvalue weighted by Gasteiger charge is -2.21. The zero-order chi connectivity index (χ0) is 30.8. The lowest BCUT2D eigenvalue weighted by atomic mass is 10.0. The van der Waals surface area contributed by atoms with Gasteiger partial charge < -0.3 is 0 Å². The average molecular weight is 616 g/mol. The highest BCUT2D eigenvalue weighted by Crippen LogP contribution is 2.30. The summed E-state index contributed by atoms with van der Waals surface area (Å²) in [4.78, 5) is 24.2. The number of benzene rings is 3. The second kappa shape index (κ2) is 12.2. The van der Waals surface area contributed by atoms with Gasteiger partial charge in [-0.05, 0) is 51.0 Å². The Hall–Kier alpha value is -3.87. The quantitative estimate of drug-likeness (QED) is 0.175. The van der Waals surface area contributed by atoms with Crippen LogP contribution in [0.4, 0.5) is 10.1 Å². The molecule has 3 aromatic carbocycles. The number of halogens is 2. The molecule has 10 nitrogen and oxygen atoms in total. The summed E-state index contributed by atoms with van der Waals surface area (Å²) >= 11 is 6.28. The van der Waals surface area contributed by atoms with E-state index in [0.29, 0.717) is 29.8 Å². The van der Waals surface area contributed by atoms with Crippen molar-refractivity contribution in [3.8, 4) is 16.8 Å². The van der Waals surface area contributed by atoms with E-state index < -0.39 is 32.0 Å². The number of sulfonamides is 1. The van der Waals surface area contributed by atoms with Crippen LogP contribution in [-0.4, -0.2) is 33.2 Å². The number of nitro benzene ring substituents is 1. The zero-order valence-electron chi connectivity index (χ0n) is 23.6. The number of hydrogen-bond acceptors (Lipinski definition) is 6. The first-order valence-electron chi connectivity index (χ1n) is 13.3. The fraction of sp³-hybridized carbons (Fsp3) is 0.310. The second-order valence-electron chi connectivity index (χ2n) is 10.9. The maximum atomic E-state index is 15.6. The Bertz CT molecular complexity index is 1810. The molecule has 0 radical (unpaired) electrons. The second-order valence-corrected chi connectivity index (χ2v) is 12.9. The fourth-order valence-corrected chi connectivity index (χ4v) is 6.31. The highest BCUT2D eigenvalue weighted by atomic mass is 35.5. The third-order valence-corrected chi connectivity index (χ3v) is 8.51. The van der Waals surface area contributed by atoms with Crippen molar-refractivity contribution in [3.05, 3.63) is 103 Å². The topological polar surface area (TPSA) is 129 Å². The molecule has 0 saturated heterocycles. The lowest BCUT2D eigenvalue weighted by molar-refractivity contribution is -0.384. The highest BCUT2D eigenvalue weighted by molar-refractivity contribution is 7.89. The molecule has 0 spiro atoms. The van der Waals surface area contributed by atoms with Crippen molar-refractivity contribution in [1.82, 2.24) is 19.1 Å². The molecule has 0 amide bonds. The van der Waals surface area contributed by atoms with Crippen molar-refractivity contribution in [2.24, 2.45) is 0 Å². The molecule has 1 aromatic heterocycles. The molecule has 0 aliphatic rings. The van der Waals surface area contributed by atoms with Crippen LogP contribution in [-0.2, 0) is 23.0 Å². The number of aryl methyl sites for hydroxylation is 1. The third-order valence-electron chi connectivity index (χ3n) is 6.37. The van der Waals surface area contributed by atoms with Crippen molar-refractivity contribution in [3.63, 3.8) is 0 Å². The predicted molar refractivity (Wildman–Crippen MR) is 159 cm³/mol. The highest BCUT2D eigenvalue weighted by Gasteiger charge is 2.25. The van der Waals surface area contributed by atoms with E-state index in [1.54, 1.807) is 45.0 Å². The Morgan fingerprint density at radius 1 is 1.10 bits per heavy atom. The summed E-state index contributed by atoms with van der Waals surface area (Å²) in [6.45, 7) is 7.00. The molecule has 0 atom stereocenters. The Morgan fingerprint density at radius 3 is 2.45 bits per heavy atom. The molecule has 0 fully saturated rings. The van der Waals surface area contributed by atoms with Gasteiger partial charge in [0.2, 0.25) is 10.0 Å². The first-order valence-corrected chi connectivity index (χ1v) is 15.1. The largest absolute Gasteiger partial charge is 0.351 e. The van der Waals surface area contributed by atoms with Crippen molar-refractivity contribution < 1.29 is 17.7 Å². The smallest absolute Gasteiger partial charge is 0.274 e. The maximum Gasteiger partial charge on any atom is 0.351 e. The molecule has 0 bridgehead atoms. The Labute approximate surface area is 248 Å². The van der Waals surface area contributed by atoms with Gasteiger partial charge in [0.05, 0.1) is 27.1 Å². The number of unbranched alkanes of at least 4 members (excludes halogenated alkanes) is 1. The molecule has 42 heavy (non-hydrogen) atoms. The monoisotopic (exact) mass is 615 g/mol.